The molecule has 0 bridgehead atoms. The Labute approximate surface area is 144 Å². The lowest BCUT2D eigenvalue weighted by Gasteiger charge is -2.35. The lowest BCUT2D eigenvalue weighted by Crippen LogP contribution is -2.47. The van der Waals surface area contributed by atoms with E-state index in [0.717, 1.165) is 38.5 Å². The largest absolute Gasteiger partial charge is 0.378 e. The Bertz CT molecular complexity index is 401. The molecule has 2 fully saturated rings. The van der Waals surface area contributed by atoms with Gasteiger partial charge < -0.3 is 14.2 Å². The third kappa shape index (κ3) is 5.76. The van der Waals surface area contributed by atoms with Crippen molar-refractivity contribution in [2.45, 2.75) is 77.0 Å². The zero-order chi connectivity index (χ0) is 16.8. The van der Waals surface area contributed by atoms with E-state index in [1.165, 1.54) is 0 Å². The summed E-state index contributed by atoms with van der Waals surface area (Å²) in [5.41, 5.74) is 0. The fraction of sp³-hybridized carbons (Fsp3) is 0.882. The summed E-state index contributed by atoms with van der Waals surface area (Å²) in [6, 6.07) is 0.165. The minimum absolute atomic E-state index is 0.0258. The van der Waals surface area contributed by atoms with Crippen molar-refractivity contribution >= 4 is 24.6 Å². The van der Waals surface area contributed by atoms with E-state index in [1.54, 1.807) is 0 Å². The summed E-state index contributed by atoms with van der Waals surface area (Å²) in [7, 11) is 0. The fourth-order valence-electron chi connectivity index (χ4n) is 3.36. The number of rotatable bonds is 8. The molecular formula is C17H29NO4S. The summed E-state index contributed by atoms with van der Waals surface area (Å²) in [5.74, 6) is 0.575. The molecule has 1 N–H and O–H groups in total. The molecule has 2 aliphatic carbocycles. The van der Waals surface area contributed by atoms with Crippen LogP contribution in [0.3, 0.4) is 0 Å². The van der Waals surface area contributed by atoms with Crippen molar-refractivity contribution in [1.82, 2.24) is 5.32 Å². The molecule has 6 heteroatoms. The van der Waals surface area contributed by atoms with E-state index in [-0.39, 0.29) is 36.0 Å². The average Bonchev–Trinajstić information content (AvgIpc) is 2.50. The van der Waals surface area contributed by atoms with Crippen LogP contribution in [0, 0.1) is 11.8 Å². The van der Waals surface area contributed by atoms with Crippen LogP contribution in [0.4, 0.5) is 0 Å². The first kappa shape index (κ1) is 18.7. The first-order valence-corrected chi connectivity index (χ1v) is 9.11. The van der Waals surface area contributed by atoms with Crippen molar-refractivity contribution in [3.8, 4) is 0 Å². The molecule has 2 aliphatic rings. The molecule has 23 heavy (non-hydrogen) atoms. The summed E-state index contributed by atoms with van der Waals surface area (Å²) < 4.78 is 10.8. The molecule has 0 atom stereocenters. The van der Waals surface area contributed by atoms with E-state index in [1.807, 2.05) is 13.8 Å². The average molecular weight is 343 g/mol. The predicted octanol–water partition coefficient (Wildman–Crippen LogP) is 2.69. The van der Waals surface area contributed by atoms with Crippen molar-refractivity contribution in [3.63, 3.8) is 0 Å². The quantitative estimate of drug-likeness (QED) is 0.525. The topological polar surface area (TPSA) is 64.6 Å². The highest BCUT2D eigenvalue weighted by molar-refractivity contribution is 7.75. The van der Waals surface area contributed by atoms with Gasteiger partial charge in [0, 0.05) is 24.3 Å². The molecule has 0 unspecified atom stereocenters. The van der Waals surface area contributed by atoms with Crippen molar-refractivity contribution in [2.75, 3.05) is 6.61 Å². The van der Waals surface area contributed by atoms with Gasteiger partial charge in [-0.25, -0.2) is 0 Å². The zero-order valence-electron chi connectivity index (χ0n) is 14.1. The molecule has 0 aliphatic heterocycles. The summed E-state index contributed by atoms with van der Waals surface area (Å²) in [5, 5.41) is 2.99. The maximum atomic E-state index is 11.9. The van der Waals surface area contributed by atoms with E-state index < -0.39 is 0 Å². The third-order valence-electron chi connectivity index (χ3n) is 4.93. The van der Waals surface area contributed by atoms with Gasteiger partial charge in [0.05, 0.1) is 18.8 Å². The SMILES string of the molecule is CC(C)C(=O)C1CC(NC(=O)CCOC2CCC(OS)CC2)C1. The van der Waals surface area contributed by atoms with E-state index in [4.69, 9.17) is 8.92 Å². The third-order valence-corrected chi connectivity index (χ3v) is 5.23. The Morgan fingerprint density at radius 2 is 1.74 bits per heavy atom. The van der Waals surface area contributed by atoms with Crippen molar-refractivity contribution in [1.29, 1.82) is 0 Å². The van der Waals surface area contributed by atoms with E-state index in [9.17, 15) is 9.59 Å². The maximum absolute atomic E-state index is 11.9. The zero-order valence-corrected chi connectivity index (χ0v) is 15.0. The van der Waals surface area contributed by atoms with Gasteiger partial charge in [-0.3, -0.25) is 9.59 Å². The number of amides is 1. The summed E-state index contributed by atoms with van der Waals surface area (Å²) >= 11 is 3.85. The molecule has 1 amide bonds. The molecule has 0 aromatic carbocycles. The lowest BCUT2D eigenvalue weighted by molar-refractivity contribution is -0.131. The van der Waals surface area contributed by atoms with E-state index >= 15 is 0 Å². The molecule has 0 heterocycles. The standard InChI is InChI=1S/C17H29NO4S/c1-11(2)17(20)12-9-13(10-12)18-16(19)7-8-21-14-3-5-15(22-23)6-4-14/h11-15,23H,3-10H2,1-2H3,(H,18,19). The molecule has 0 aromatic rings. The van der Waals surface area contributed by atoms with Gasteiger partial charge in [0.1, 0.15) is 5.78 Å². The van der Waals surface area contributed by atoms with Crippen molar-refractivity contribution < 1.29 is 18.5 Å². The molecule has 0 aromatic heterocycles. The Morgan fingerprint density at radius 3 is 2.30 bits per heavy atom. The van der Waals surface area contributed by atoms with Crippen molar-refractivity contribution in [2.24, 2.45) is 11.8 Å². The van der Waals surface area contributed by atoms with Crippen LogP contribution < -0.4 is 5.32 Å². The number of carbonyl (C=O) groups excluding carboxylic acids is 2. The predicted molar refractivity (Wildman–Crippen MR) is 91.2 cm³/mol. The summed E-state index contributed by atoms with van der Waals surface area (Å²) in [6.45, 7) is 4.33. The summed E-state index contributed by atoms with van der Waals surface area (Å²) in [6.07, 6.45) is 6.31. The summed E-state index contributed by atoms with van der Waals surface area (Å²) in [4.78, 5) is 23.7. The van der Waals surface area contributed by atoms with Crippen LogP contribution in [-0.2, 0) is 18.5 Å². The van der Waals surface area contributed by atoms with Gasteiger partial charge >= 0.3 is 0 Å². The van der Waals surface area contributed by atoms with Crippen LogP contribution in [0.15, 0.2) is 0 Å². The first-order chi connectivity index (χ1) is 11.0. The number of ketones is 1. The van der Waals surface area contributed by atoms with Gasteiger partial charge in [-0.2, -0.15) is 0 Å². The van der Waals surface area contributed by atoms with Gasteiger partial charge in [-0.1, -0.05) is 13.8 Å². The lowest BCUT2D eigenvalue weighted by atomic mass is 9.75. The second-order valence-electron chi connectivity index (χ2n) is 7.11. The minimum Gasteiger partial charge on any atom is -0.378 e. The van der Waals surface area contributed by atoms with Gasteiger partial charge in [-0.05, 0) is 51.4 Å². The van der Waals surface area contributed by atoms with Crippen LogP contribution in [0.1, 0.15) is 58.8 Å². The highest BCUT2D eigenvalue weighted by atomic mass is 32.1. The molecular weight excluding hydrogens is 314 g/mol. The highest BCUT2D eigenvalue weighted by Gasteiger charge is 2.35. The number of hydrogen-bond donors (Lipinski definition) is 2. The number of thiol groups is 1. The second-order valence-corrected chi connectivity index (χ2v) is 7.33. The van der Waals surface area contributed by atoms with Gasteiger partial charge in [0.2, 0.25) is 5.91 Å². The number of ether oxygens (including phenoxy) is 1. The Kier molecular flexibility index (Phi) is 7.37. The molecule has 2 rings (SSSR count). The molecule has 2 saturated carbocycles. The molecule has 132 valence electrons. The molecule has 0 saturated heterocycles. The number of hydrogen-bond acceptors (Lipinski definition) is 5. The van der Waals surface area contributed by atoms with Gasteiger partial charge in [-0.15, -0.1) is 0 Å². The Morgan fingerprint density at radius 1 is 1.13 bits per heavy atom. The smallest absolute Gasteiger partial charge is 0.222 e. The number of carbonyl (C=O) groups is 2. The monoisotopic (exact) mass is 343 g/mol. The minimum atomic E-state index is 0.0258. The van der Waals surface area contributed by atoms with Gasteiger partial charge in [0.25, 0.3) is 0 Å². The van der Waals surface area contributed by atoms with Crippen LogP contribution in [0.25, 0.3) is 0 Å². The maximum Gasteiger partial charge on any atom is 0.222 e. The normalized spacial score (nSPS) is 30.8. The second kappa shape index (κ2) is 9.04. The Balaban J connectivity index is 1.52. The molecule has 5 nitrogen and oxygen atoms in total. The molecule has 0 radical (unpaired) electrons. The fourth-order valence-corrected chi connectivity index (χ4v) is 3.57. The van der Waals surface area contributed by atoms with Crippen LogP contribution in [0.5, 0.6) is 0 Å². The van der Waals surface area contributed by atoms with E-state index in [0.29, 0.717) is 18.8 Å². The highest BCUT2D eigenvalue weighted by Crippen LogP contribution is 2.30. The van der Waals surface area contributed by atoms with Gasteiger partial charge in [0.15, 0.2) is 0 Å². The van der Waals surface area contributed by atoms with Crippen molar-refractivity contribution in [3.05, 3.63) is 0 Å². The van der Waals surface area contributed by atoms with E-state index in [2.05, 4.69) is 18.2 Å². The van der Waals surface area contributed by atoms with Crippen LogP contribution in [-0.4, -0.2) is 36.5 Å². The number of nitrogens with one attached hydrogen (secondary N) is 1. The van der Waals surface area contributed by atoms with Crippen LogP contribution in [0.2, 0.25) is 0 Å². The Hall–Kier alpha value is -0.590. The molecule has 0 spiro atoms. The van der Waals surface area contributed by atoms with Crippen LogP contribution >= 0.6 is 12.9 Å². The first-order valence-electron chi connectivity index (χ1n) is 8.74. The number of Topliss-reactive ketones (excluding diaryl/α,β-unsaturated/α-hetero) is 1.